The summed E-state index contributed by atoms with van der Waals surface area (Å²) >= 11 is 0. The maximum Gasteiger partial charge on any atom is 0.223 e. The number of hydrogen-bond donors (Lipinski definition) is 1. The van der Waals surface area contributed by atoms with Crippen LogP contribution in [0.4, 0.5) is 4.39 Å². The molecule has 0 heterocycles. The summed E-state index contributed by atoms with van der Waals surface area (Å²) in [7, 11) is 0. The average Bonchev–Trinajstić information content (AvgIpc) is 2.49. The van der Waals surface area contributed by atoms with Crippen molar-refractivity contribution < 1.29 is 9.18 Å². The zero-order valence-corrected chi connectivity index (χ0v) is 13.1. The van der Waals surface area contributed by atoms with Crippen molar-refractivity contribution in [3.8, 4) is 0 Å². The van der Waals surface area contributed by atoms with Crippen molar-refractivity contribution in [3.63, 3.8) is 0 Å². The molecule has 3 heteroatoms. The van der Waals surface area contributed by atoms with Gasteiger partial charge >= 0.3 is 0 Å². The average molecular weight is 299 g/mol. The van der Waals surface area contributed by atoms with Crippen LogP contribution in [0.25, 0.3) is 0 Å². The Morgan fingerprint density at radius 3 is 2.68 bits per heavy atom. The molecule has 1 amide bonds. The van der Waals surface area contributed by atoms with Gasteiger partial charge in [0.2, 0.25) is 5.91 Å². The molecular formula is C19H22FNO. The Kier molecular flexibility index (Phi) is 5.70. The molecule has 116 valence electrons. The summed E-state index contributed by atoms with van der Waals surface area (Å²) in [5, 5.41) is 2.93. The summed E-state index contributed by atoms with van der Waals surface area (Å²) in [4.78, 5) is 12.1. The van der Waals surface area contributed by atoms with Gasteiger partial charge in [-0.1, -0.05) is 55.0 Å². The van der Waals surface area contributed by atoms with Crippen LogP contribution >= 0.6 is 0 Å². The van der Waals surface area contributed by atoms with Crippen LogP contribution < -0.4 is 5.32 Å². The zero-order valence-electron chi connectivity index (χ0n) is 13.1. The summed E-state index contributed by atoms with van der Waals surface area (Å²) < 4.78 is 13.6. The molecule has 0 aliphatic rings. The van der Waals surface area contributed by atoms with Gasteiger partial charge in [-0.2, -0.15) is 0 Å². The first-order chi connectivity index (χ1) is 10.6. The molecule has 1 unspecified atom stereocenters. The minimum absolute atomic E-state index is 0.0316. The van der Waals surface area contributed by atoms with E-state index in [0.717, 1.165) is 6.42 Å². The lowest BCUT2D eigenvalue weighted by molar-refractivity contribution is -0.124. The third kappa shape index (κ3) is 4.69. The Balaban J connectivity index is 1.80. The molecule has 22 heavy (non-hydrogen) atoms. The van der Waals surface area contributed by atoms with E-state index in [9.17, 15) is 9.18 Å². The predicted octanol–water partition coefficient (Wildman–Crippen LogP) is 3.67. The standard InChI is InChI=1S/C19H22FNO/c1-14-6-5-7-16(12-14)10-11-21-19(22)15(2)13-17-8-3-4-9-18(17)20/h3-9,12,15H,10-11,13H2,1-2H3,(H,21,22). The van der Waals surface area contributed by atoms with Gasteiger partial charge < -0.3 is 5.32 Å². The normalized spacial score (nSPS) is 12.0. The fourth-order valence-corrected chi connectivity index (χ4v) is 2.46. The van der Waals surface area contributed by atoms with Crippen molar-refractivity contribution in [1.82, 2.24) is 5.32 Å². The molecule has 1 N–H and O–H groups in total. The summed E-state index contributed by atoms with van der Waals surface area (Å²) in [6.45, 7) is 4.48. The third-order valence-electron chi connectivity index (χ3n) is 3.73. The van der Waals surface area contributed by atoms with Gasteiger partial charge in [-0.3, -0.25) is 4.79 Å². The number of nitrogens with one attached hydrogen (secondary N) is 1. The number of carbonyl (C=O) groups excluding carboxylic acids is 1. The Morgan fingerprint density at radius 2 is 1.95 bits per heavy atom. The maximum atomic E-state index is 13.6. The highest BCUT2D eigenvalue weighted by Gasteiger charge is 2.14. The molecule has 0 fully saturated rings. The number of rotatable bonds is 6. The fourth-order valence-electron chi connectivity index (χ4n) is 2.46. The molecule has 0 saturated carbocycles. The van der Waals surface area contributed by atoms with Crippen molar-refractivity contribution in [2.75, 3.05) is 6.54 Å². The summed E-state index contributed by atoms with van der Waals surface area (Å²) in [5.74, 6) is -0.521. The fraction of sp³-hybridized carbons (Fsp3) is 0.316. The van der Waals surface area contributed by atoms with E-state index in [1.165, 1.54) is 17.2 Å². The van der Waals surface area contributed by atoms with Gasteiger partial charge in [0, 0.05) is 12.5 Å². The van der Waals surface area contributed by atoms with Crippen LogP contribution in [0.15, 0.2) is 48.5 Å². The Morgan fingerprint density at radius 1 is 1.18 bits per heavy atom. The second kappa shape index (κ2) is 7.74. The minimum atomic E-state index is -0.248. The van der Waals surface area contributed by atoms with Gasteiger partial charge in [-0.15, -0.1) is 0 Å². The number of aryl methyl sites for hydroxylation is 1. The molecule has 2 nitrogen and oxygen atoms in total. The number of benzene rings is 2. The topological polar surface area (TPSA) is 29.1 Å². The number of carbonyl (C=O) groups is 1. The van der Waals surface area contributed by atoms with Crippen LogP contribution in [-0.4, -0.2) is 12.5 Å². The molecule has 1 atom stereocenters. The minimum Gasteiger partial charge on any atom is -0.356 e. The Labute approximate surface area is 131 Å². The lowest BCUT2D eigenvalue weighted by Crippen LogP contribution is -2.32. The quantitative estimate of drug-likeness (QED) is 0.866. The first kappa shape index (κ1) is 16.2. The molecule has 2 rings (SSSR count). The molecule has 0 bridgehead atoms. The van der Waals surface area contributed by atoms with Gasteiger partial charge in [-0.05, 0) is 37.0 Å². The number of halogens is 1. The second-order valence-electron chi connectivity index (χ2n) is 5.73. The number of hydrogen-bond acceptors (Lipinski definition) is 1. The second-order valence-corrected chi connectivity index (χ2v) is 5.73. The highest BCUT2D eigenvalue weighted by Crippen LogP contribution is 2.12. The van der Waals surface area contributed by atoms with Crippen molar-refractivity contribution in [1.29, 1.82) is 0 Å². The van der Waals surface area contributed by atoms with Gasteiger partial charge in [0.1, 0.15) is 5.82 Å². The highest BCUT2D eigenvalue weighted by atomic mass is 19.1. The van der Waals surface area contributed by atoms with E-state index >= 15 is 0 Å². The van der Waals surface area contributed by atoms with Crippen molar-refractivity contribution in [3.05, 3.63) is 71.0 Å². The first-order valence-electron chi connectivity index (χ1n) is 7.63. The van der Waals surface area contributed by atoms with E-state index in [1.807, 2.05) is 13.0 Å². The van der Waals surface area contributed by atoms with Crippen LogP contribution in [0.1, 0.15) is 23.6 Å². The smallest absolute Gasteiger partial charge is 0.223 e. The monoisotopic (exact) mass is 299 g/mol. The highest BCUT2D eigenvalue weighted by molar-refractivity contribution is 5.78. The van der Waals surface area contributed by atoms with Crippen molar-refractivity contribution in [2.24, 2.45) is 5.92 Å². The van der Waals surface area contributed by atoms with E-state index < -0.39 is 0 Å². The Bertz CT molecular complexity index is 639. The van der Waals surface area contributed by atoms with E-state index in [-0.39, 0.29) is 17.6 Å². The lowest BCUT2D eigenvalue weighted by atomic mass is 10.00. The van der Waals surface area contributed by atoms with Crippen LogP contribution in [0.3, 0.4) is 0 Å². The molecular weight excluding hydrogens is 277 g/mol. The van der Waals surface area contributed by atoms with Gasteiger partial charge in [-0.25, -0.2) is 4.39 Å². The Hall–Kier alpha value is -2.16. The SMILES string of the molecule is Cc1cccc(CCNC(=O)C(C)Cc2ccccc2F)c1. The maximum absolute atomic E-state index is 13.6. The molecule has 0 aliphatic carbocycles. The van der Waals surface area contributed by atoms with Crippen LogP contribution in [0.2, 0.25) is 0 Å². The van der Waals surface area contributed by atoms with Crippen molar-refractivity contribution in [2.45, 2.75) is 26.7 Å². The predicted molar refractivity (Wildman–Crippen MR) is 87.2 cm³/mol. The van der Waals surface area contributed by atoms with E-state index in [4.69, 9.17) is 0 Å². The molecule has 0 aliphatic heterocycles. The molecule has 0 spiro atoms. The van der Waals surface area contributed by atoms with E-state index in [0.29, 0.717) is 18.5 Å². The number of amides is 1. The van der Waals surface area contributed by atoms with Crippen LogP contribution in [0.5, 0.6) is 0 Å². The van der Waals surface area contributed by atoms with Crippen molar-refractivity contribution >= 4 is 5.91 Å². The van der Waals surface area contributed by atoms with Crippen LogP contribution in [0, 0.1) is 18.7 Å². The van der Waals surface area contributed by atoms with Gasteiger partial charge in [0.05, 0.1) is 0 Å². The van der Waals surface area contributed by atoms with E-state index in [2.05, 4.69) is 30.4 Å². The lowest BCUT2D eigenvalue weighted by Gasteiger charge is -2.13. The van der Waals surface area contributed by atoms with Gasteiger partial charge in [0.25, 0.3) is 0 Å². The summed E-state index contributed by atoms with van der Waals surface area (Å²) in [6, 6.07) is 14.9. The molecule has 2 aromatic rings. The van der Waals surface area contributed by atoms with Crippen LogP contribution in [-0.2, 0) is 17.6 Å². The third-order valence-corrected chi connectivity index (χ3v) is 3.73. The largest absolute Gasteiger partial charge is 0.356 e. The van der Waals surface area contributed by atoms with E-state index in [1.54, 1.807) is 18.2 Å². The molecule has 0 radical (unpaired) electrons. The first-order valence-corrected chi connectivity index (χ1v) is 7.63. The molecule has 0 aromatic heterocycles. The molecule has 2 aromatic carbocycles. The summed E-state index contributed by atoms with van der Waals surface area (Å²) in [5.41, 5.74) is 3.02. The molecule has 0 saturated heterocycles. The zero-order chi connectivity index (χ0) is 15.9. The summed E-state index contributed by atoms with van der Waals surface area (Å²) in [6.07, 6.45) is 1.22. The van der Waals surface area contributed by atoms with Gasteiger partial charge in [0.15, 0.2) is 0 Å².